The van der Waals surface area contributed by atoms with Gasteiger partial charge in [-0.25, -0.2) is 4.79 Å². The molecule has 1 aliphatic rings. The zero-order valence-electron chi connectivity index (χ0n) is 5.29. The molecule has 0 unspecified atom stereocenters. The number of hydrogen-bond donors (Lipinski definition) is 0. The van der Waals surface area contributed by atoms with Gasteiger partial charge in [-0.3, -0.25) is 4.79 Å². The van der Waals surface area contributed by atoms with Crippen LogP contribution in [-0.4, -0.2) is 11.9 Å². The molecule has 1 saturated heterocycles. The van der Waals surface area contributed by atoms with Crippen molar-refractivity contribution in [2.45, 2.75) is 6.42 Å². The van der Waals surface area contributed by atoms with Crippen LogP contribution in [0.5, 0.6) is 0 Å². The van der Waals surface area contributed by atoms with Crippen molar-refractivity contribution in [3.8, 4) is 0 Å². The highest BCUT2D eigenvalue weighted by atomic mass is 16.6. The fraction of sp³-hybridized carbons (Fsp3) is 0.143. The lowest BCUT2D eigenvalue weighted by Gasteiger charge is -1.83. The van der Waals surface area contributed by atoms with E-state index in [-0.39, 0.29) is 6.42 Å². The van der Waals surface area contributed by atoms with Gasteiger partial charge in [0.2, 0.25) is 0 Å². The Hall–Kier alpha value is -1.38. The van der Waals surface area contributed by atoms with Crippen molar-refractivity contribution in [3.05, 3.63) is 24.3 Å². The minimum atomic E-state index is -0.551. The molecule has 0 aromatic heterocycles. The molecule has 0 bridgehead atoms. The van der Waals surface area contributed by atoms with Crippen LogP contribution >= 0.6 is 0 Å². The summed E-state index contributed by atoms with van der Waals surface area (Å²) in [5.74, 6) is -1.04. The number of rotatable bonds is 1. The van der Waals surface area contributed by atoms with Gasteiger partial charge in [0.25, 0.3) is 0 Å². The van der Waals surface area contributed by atoms with Gasteiger partial charge in [0.1, 0.15) is 0 Å². The van der Waals surface area contributed by atoms with Crippen molar-refractivity contribution in [1.82, 2.24) is 0 Å². The SMILES string of the molecule is C=C/C=C1\CC(=O)OC1=O. The highest BCUT2D eigenvalue weighted by Gasteiger charge is 2.25. The van der Waals surface area contributed by atoms with E-state index in [2.05, 4.69) is 11.3 Å². The van der Waals surface area contributed by atoms with E-state index in [0.29, 0.717) is 5.57 Å². The minimum Gasteiger partial charge on any atom is -0.389 e. The van der Waals surface area contributed by atoms with Crippen LogP contribution in [0.3, 0.4) is 0 Å². The Kier molecular flexibility index (Phi) is 1.67. The molecule has 1 heterocycles. The molecule has 0 spiro atoms. The van der Waals surface area contributed by atoms with Gasteiger partial charge in [-0.05, 0) is 0 Å². The molecule has 0 aromatic carbocycles. The first kappa shape index (κ1) is 6.74. The molecule has 1 aliphatic heterocycles. The van der Waals surface area contributed by atoms with Gasteiger partial charge < -0.3 is 4.74 Å². The highest BCUT2D eigenvalue weighted by molar-refractivity contribution is 6.05. The molecule has 3 nitrogen and oxygen atoms in total. The second-order valence-electron chi connectivity index (χ2n) is 1.87. The Morgan fingerprint density at radius 1 is 1.50 bits per heavy atom. The van der Waals surface area contributed by atoms with Crippen LogP contribution in [0.2, 0.25) is 0 Å². The number of hydrogen-bond acceptors (Lipinski definition) is 3. The Morgan fingerprint density at radius 2 is 2.20 bits per heavy atom. The molecule has 0 aromatic rings. The lowest BCUT2D eigenvalue weighted by atomic mass is 10.2. The van der Waals surface area contributed by atoms with Gasteiger partial charge in [-0.15, -0.1) is 0 Å². The number of cyclic esters (lactones) is 2. The van der Waals surface area contributed by atoms with Gasteiger partial charge in [0.15, 0.2) is 0 Å². The molecule has 52 valence electrons. The van der Waals surface area contributed by atoms with Crippen molar-refractivity contribution in [2.75, 3.05) is 0 Å². The molecule has 10 heavy (non-hydrogen) atoms. The van der Waals surface area contributed by atoms with Gasteiger partial charge in [0.05, 0.1) is 6.42 Å². The second-order valence-corrected chi connectivity index (χ2v) is 1.87. The first-order valence-electron chi connectivity index (χ1n) is 2.80. The van der Waals surface area contributed by atoms with Gasteiger partial charge in [-0.2, -0.15) is 0 Å². The zero-order valence-corrected chi connectivity index (χ0v) is 5.29. The Morgan fingerprint density at radius 3 is 2.60 bits per heavy atom. The summed E-state index contributed by atoms with van der Waals surface area (Å²) in [6.07, 6.45) is 3.01. The Balaban J connectivity index is 2.81. The molecular weight excluding hydrogens is 132 g/mol. The minimum absolute atomic E-state index is 0.0743. The Bertz CT molecular complexity index is 225. The van der Waals surface area contributed by atoms with Crippen LogP contribution in [0.25, 0.3) is 0 Å². The number of ether oxygens (including phenoxy) is 1. The molecule has 0 aliphatic carbocycles. The van der Waals surface area contributed by atoms with Crippen LogP contribution in [0, 0.1) is 0 Å². The number of carbonyl (C=O) groups is 2. The lowest BCUT2D eigenvalue weighted by molar-refractivity contribution is -0.151. The second kappa shape index (κ2) is 2.47. The standard InChI is InChI=1S/C7H6O3/c1-2-3-5-4-6(8)10-7(5)9/h2-3H,1,4H2/b5-3+. The maximum atomic E-state index is 10.6. The summed E-state index contributed by atoms with van der Waals surface area (Å²) in [7, 11) is 0. The van der Waals surface area contributed by atoms with Crippen LogP contribution < -0.4 is 0 Å². The first-order valence-corrected chi connectivity index (χ1v) is 2.80. The third kappa shape index (κ3) is 1.13. The van der Waals surface area contributed by atoms with Gasteiger partial charge >= 0.3 is 11.9 Å². The zero-order chi connectivity index (χ0) is 7.56. The molecular formula is C7H6O3. The molecule has 3 heteroatoms. The van der Waals surface area contributed by atoms with Crippen molar-refractivity contribution in [1.29, 1.82) is 0 Å². The summed E-state index contributed by atoms with van der Waals surface area (Å²) in [5.41, 5.74) is 0.375. The molecule has 1 rings (SSSR count). The number of esters is 2. The fourth-order valence-corrected chi connectivity index (χ4v) is 0.702. The quantitative estimate of drug-likeness (QED) is 0.302. The molecule has 1 fully saturated rings. The average Bonchev–Trinajstić information content (AvgIpc) is 2.13. The molecule has 0 amide bonds. The number of carbonyl (C=O) groups excluding carboxylic acids is 2. The van der Waals surface area contributed by atoms with Crippen LogP contribution in [-0.2, 0) is 14.3 Å². The monoisotopic (exact) mass is 138 g/mol. The predicted octanol–water partition coefficient (Wildman–Crippen LogP) is 0.572. The third-order valence-electron chi connectivity index (χ3n) is 1.12. The van der Waals surface area contributed by atoms with E-state index >= 15 is 0 Å². The van der Waals surface area contributed by atoms with Gasteiger partial charge in [0, 0.05) is 5.57 Å². The number of allylic oxidation sites excluding steroid dienone is 2. The molecule has 0 N–H and O–H groups in total. The summed E-state index contributed by atoms with van der Waals surface area (Å²) < 4.78 is 4.23. The fourth-order valence-electron chi connectivity index (χ4n) is 0.702. The van der Waals surface area contributed by atoms with E-state index in [1.807, 2.05) is 0 Å². The predicted molar refractivity (Wildman–Crippen MR) is 34.0 cm³/mol. The van der Waals surface area contributed by atoms with E-state index in [1.165, 1.54) is 12.2 Å². The van der Waals surface area contributed by atoms with Crippen LogP contribution in [0.4, 0.5) is 0 Å². The van der Waals surface area contributed by atoms with Crippen LogP contribution in [0.1, 0.15) is 6.42 Å². The average molecular weight is 138 g/mol. The van der Waals surface area contributed by atoms with Gasteiger partial charge in [-0.1, -0.05) is 18.7 Å². The Labute approximate surface area is 58.0 Å². The normalized spacial score (nSPS) is 21.4. The van der Waals surface area contributed by atoms with Crippen molar-refractivity contribution in [3.63, 3.8) is 0 Å². The summed E-state index contributed by atoms with van der Waals surface area (Å²) in [6, 6.07) is 0. The summed E-state index contributed by atoms with van der Waals surface area (Å²) >= 11 is 0. The van der Waals surface area contributed by atoms with E-state index < -0.39 is 11.9 Å². The largest absolute Gasteiger partial charge is 0.389 e. The summed E-state index contributed by atoms with van der Waals surface area (Å²) in [5, 5.41) is 0. The van der Waals surface area contributed by atoms with E-state index in [1.54, 1.807) is 0 Å². The molecule has 0 atom stereocenters. The highest BCUT2D eigenvalue weighted by Crippen LogP contribution is 2.13. The van der Waals surface area contributed by atoms with Crippen molar-refractivity contribution in [2.24, 2.45) is 0 Å². The smallest absolute Gasteiger partial charge is 0.342 e. The lowest BCUT2D eigenvalue weighted by Crippen LogP contribution is -1.96. The topological polar surface area (TPSA) is 43.4 Å². The van der Waals surface area contributed by atoms with Crippen molar-refractivity contribution < 1.29 is 14.3 Å². The first-order chi connectivity index (χ1) is 4.74. The maximum absolute atomic E-state index is 10.6. The van der Waals surface area contributed by atoms with Crippen LogP contribution in [0.15, 0.2) is 24.3 Å². The maximum Gasteiger partial charge on any atom is 0.342 e. The molecule has 0 saturated carbocycles. The van der Waals surface area contributed by atoms with Crippen molar-refractivity contribution >= 4 is 11.9 Å². The third-order valence-corrected chi connectivity index (χ3v) is 1.12. The van der Waals surface area contributed by atoms with E-state index in [0.717, 1.165) is 0 Å². The summed E-state index contributed by atoms with van der Waals surface area (Å²) in [6.45, 7) is 3.39. The van der Waals surface area contributed by atoms with E-state index in [4.69, 9.17) is 0 Å². The van der Waals surface area contributed by atoms with E-state index in [9.17, 15) is 9.59 Å². The summed E-state index contributed by atoms with van der Waals surface area (Å²) in [4.78, 5) is 21.0. The molecule has 0 radical (unpaired) electrons.